The summed E-state index contributed by atoms with van der Waals surface area (Å²) in [5.41, 5.74) is 4.35. The minimum Gasteiger partial charge on any atom is -0.216 e. The van der Waals surface area contributed by atoms with Crippen LogP contribution in [0.3, 0.4) is 0 Å². The van der Waals surface area contributed by atoms with E-state index in [2.05, 4.69) is 22.0 Å². The van der Waals surface area contributed by atoms with Gasteiger partial charge in [-0.15, -0.1) is 0 Å². The van der Waals surface area contributed by atoms with Crippen molar-refractivity contribution in [1.82, 2.24) is 19.7 Å². The predicted molar refractivity (Wildman–Crippen MR) is 67.5 cm³/mol. The molecule has 0 saturated carbocycles. The number of aryl methyl sites for hydroxylation is 2. The summed E-state index contributed by atoms with van der Waals surface area (Å²) >= 11 is 0. The summed E-state index contributed by atoms with van der Waals surface area (Å²) in [7, 11) is 0. The third kappa shape index (κ3) is 1.97. The molecule has 0 saturated heterocycles. The molecule has 0 aliphatic heterocycles. The van der Waals surface area contributed by atoms with Crippen molar-refractivity contribution in [2.75, 3.05) is 0 Å². The van der Waals surface area contributed by atoms with Gasteiger partial charge >= 0.3 is 0 Å². The Kier molecular flexibility index (Phi) is 3.11. The molecule has 0 spiro atoms. The van der Waals surface area contributed by atoms with Crippen LogP contribution in [0.2, 0.25) is 0 Å². The van der Waals surface area contributed by atoms with E-state index in [0.717, 1.165) is 23.5 Å². The Morgan fingerprint density at radius 2 is 2.00 bits per heavy atom. The van der Waals surface area contributed by atoms with Gasteiger partial charge < -0.3 is 0 Å². The lowest BCUT2D eigenvalue weighted by Gasteiger charge is -2.04. The van der Waals surface area contributed by atoms with E-state index in [1.54, 1.807) is 10.7 Å². The van der Waals surface area contributed by atoms with Gasteiger partial charge in [0.2, 0.25) is 0 Å². The first-order valence-corrected chi connectivity index (χ1v) is 5.88. The summed E-state index contributed by atoms with van der Waals surface area (Å²) in [6.45, 7) is 7.91. The van der Waals surface area contributed by atoms with Gasteiger partial charge in [0.1, 0.15) is 11.8 Å². The zero-order valence-corrected chi connectivity index (χ0v) is 11.0. The highest BCUT2D eigenvalue weighted by Crippen LogP contribution is 2.16. The van der Waals surface area contributed by atoms with Crippen LogP contribution in [0.25, 0.3) is 5.95 Å². The predicted octanol–water partition coefficient (Wildman–Crippen LogP) is 2.02. The van der Waals surface area contributed by atoms with E-state index in [9.17, 15) is 0 Å². The molecule has 0 aliphatic carbocycles. The molecule has 0 unspecified atom stereocenters. The summed E-state index contributed by atoms with van der Waals surface area (Å²) in [6, 6.07) is 3.70. The quantitative estimate of drug-likeness (QED) is 0.806. The lowest BCUT2D eigenvalue weighted by molar-refractivity contribution is 0.765. The summed E-state index contributed by atoms with van der Waals surface area (Å²) < 4.78 is 1.71. The molecule has 2 aromatic heterocycles. The molecule has 5 nitrogen and oxygen atoms in total. The van der Waals surface area contributed by atoms with Gasteiger partial charge in [-0.25, -0.2) is 14.6 Å². The molecule has 0 aliphatic rings. The minimum absolute atomic E-state index is 0.364. The molecule has 2 rings (SSSR count). The molecule has 2 aromatic rings. The summed E-state index contributed by atoms with van der Waals surface area (Å²) in [5.74, 6) is 0.465. The van der Waals surface area contributed by atoms with E-state index in [-0.39, 0.29) is 0 Å². The topological polar surface area (TPSA) is 67.4 Å². The third-order valence-electron chi connectivity index (χ3n) is 2.94. The van der Waals surface area contributed by atoms with E-state index < -0.39 is 0 Å². The minimum atomic E-state index is 0.364. The number of aromatic nitrogens is 4. The molecule has 0 bridgehead atoms. The van der Waals surface area contributed by atoms with E-state index in [0.29, 0.717) is 11.6 Å². The average molecular weight is 241 g/mol. The molecule has 0 fully saturated rings. The van der Waals surface area contributed by atoms with Crippen molar-refractivity contribution in [2.24, 2.45) is 0 Å². The summed E-state index contributed by atoms with van der Waals surface area (Å²) in [6.07, 6.45) is 0.925. The third-order valence-corrected chi connectivity index (χ3v) is 2.94. The van der Waals surface area contributed by atoms with Crippen molar-refractivity contribution in [3.63, 3.8) is 0 Å². The highest BCUT2D eigenvalue weighted by Gasteiger charge is 2.13. The Bertz CT molecular complexity index is 634. The first kappa shape index (κ1) is 12.2. The van der Waals surface area contributed by atoms with Gasteiger partial charge in [-0.2, -0.15) is 10.4 Å². The van der Waals surface area contributed by atoms with Crippen LogP contribution in [0.4, 0.5) is 0 Å². The first-order chi connectivity index (χ1) is 8.56. The molecule has 2 heterocycles. The SMILES string of the molecule is CCc1c(C)nn(-c2nc(C)cc(C#N)n2)c1C. The highest BCUT2D eigenvalue weighted by molar-refractivity contribution is 5.32. The highest BCUT2D eigenvalue weighted by atomic mass is 15.4. The maximum Gasteiger partial charge on any atom is 0.252 e. The van der Waals surface area contributed by atoms with Crippen molar-refractivity contribution in [3.8, 4) is 12.0 Å². The molecule has 0 atom stereocenters. The molecule has 0 amide bonds. The van der Waals surface area contributed by atoms with Crippen LogP contribution in [-0.2, 0) is 6.42 Å². The monoisotopic (exact) mass is 241 g/mol. The first-order valence-electron chi connectivity index (χ1n) is 5.88. The second-order valence-corrected chi connectivity index (χ2v) is 4.22. The Morgan fingerprint density at radius 1 is 1.28 bits per heavy atom. The normalized spacial score (nSPS) is 10.4. The second-order valence-electron chi connectivity index (χ2n) is 4.22. The summed E-state index contributed by atoms with van der Waals surface area (Å²) in [4.78, 5) is 8.54. The van der Waals surface area contributed by atoms with Gasteiger partial charge in [-0.1, -0.05) is 6.92 Å². The van der Waals surface area contributed by atoms with Crippen LogP contribution in [0.1, 0.15) is 35.3 Å². The van der Waals surface area contributed by atoms with Crippen LogP contribution in [0.5, 0.6) is 0 Å². The Labute approximate surface area is 106 Å². The van der Waals surface area contributed by atoms with Gasteiger partial charge in [-0.05, 0) is 38.8 Å². The second kappa shape index (κ2) is 4.57. The lowest BCUT2D eigenvalue weighted by atomic mass is 10.1. The zero-order valence-electron chi connectivity index (χ0n) is 11.0. The van der Waals surface area contributed by atoms with Crippen LogP contribution >= 0.6 is 0 Å². The van der Waals surface area contributed by atoms with Crippen molar-refractivity contribution in [1.29, 1.82) is 5.26 Å². The zero-order chi connectivity index (χ0) is 13.3. The standard InChI is InChI=1S/C13H15N5/c1-5-12-9(3)17-18(10(12)4)13-15-8(2)6-11(7-14)16-13/h6H,5H2,1-4H3. The number of hydrogen-bond donors (Lipinski definition) is 0. The number of hydrogen-bond acceptors (Lipinski definition) is 4. The van der Waals surface area contributed by atoms with Gasteiger partial charge in [0.25, 0.3) is 5.95 Å². The van der Waals surface area contributed by atoms with Crippen LogP contribution in [0.15, 0.2) is 6.07 Å². The van der Waals surface area contributed by atoms with E-state index in [1.165, 1.54) is 5.56 Å². The van der Waals surface area contributed by atoms with Crippen molar-refractivity contribution < 1.29 is 0 Å². The number of rotatable bonds is 2. The molecule has 0 N–H and O–H groups in total. The molecule has 5 heteroatoms. The van der Waals surface area contributed by atoms with Crippen LogP contribution in [-0.4, -0.2) is 19.7 Å². The molecule has 0 aromatic carbocycles. The van der Waals surface area contributed by atoms with E-state index in [4.69, 9.17) is 5.26 Å². The average Bonchev–Trinajstić information content (AvgIpc) is 2.63. The van der Waals surface area contributed by atoms with Crippen molar-refractivity contribution in [3.05, 3.63) is 34.4 Å². The smallest absolute Gasteiger partial charge is 0.216 e. The maximum atomic E-state index is 8.94. The number of nitriles is 1. The Hall–Kier alpha value is -2.22. The van der Waals surface area contributed by atoms with Gasteiger partial charge in [-0.3, -0.25) is 0 Å². The fraction of sp³-hybridized carbons (Fsp3) is 0.385. The molecule has 18 heavy (non-hydrogen) atoms. The van der Waals surface area contributed by atoms with E-state index in [1.807, 2.05) is 26.8 Å². The largest absolute Gasteiger partial charge is 0.252 e. The molecule has 92 valence electrons. The fourth-order valence-electron chi connectivity index (χ4n) is 2.09. The fourth-order valence-corrected chi connectivity index (χ4v) is 2.09. The van der Waals surface area contributed by atoms with Crippen molar-refractivity contribution >= 4 is 0 Å². The Balaban J connectivity index is 2.63. The van der Waals surface area contributed by atoms with Gasteiger partial charge in [0.05, 0.1) is 5.69 Å². The van der Waals surface area contributed by atoms with Gasteiger partial charge in [0.15, 0.2) is 0 Å². The van der Waals surface area contributed by atoms with Gasteiger partial charge in [0, 0.05) is 11.4 Å². The molecular weight excluding hydrogens is 226 g/mol. The van der Waals surface area contributed by atoms with Crippen molar-refractivity contribution in [2.45, 2.75) is 34.1 Å². The van der Waals surface area contributed by atoms with Crippen LogP contribution in [0, 0.1) is 32.1 Å². The molecular formula is C13H15N5. The van der Waals surface area contributed by atoms with E-state index >= 15 is 0 Å². The van der Waals surface area contributed by atoms with Crippen LogP contribution < -0.4 is 0 Å². The Morgan fingerprint density at radius 3 is 2.56 bits per heavy atom. The lowest BCUT2D eigenvalue weighted by Crippen LogP contribution is -2.07. The maximum absolute atomic E-state index is 8.94. The number of nitrogens with zero attached hydrogens (tertiary/aromatic N) is 5. The molecule has 0 radical (unpaired) electrons. The summed E-state index contributed by atoms with van der Waals surface area (Å²) in [5, 5.41) is 13.4.